The minimum absolute atomic E-state index is 0.0684. The normalized spacial score (nSPS) is 19.4. The molecule has 1 amide bonds. The summed E-state index contributed by atoms with van der Waals surface area (Å²) in [6, 6.07) is 6.96. The second-order valence-corrected chi connectivity index (χ2v) is 12.3. The molecule has 1 heterocycles. The van der Waals surface area contributed by atoms with E-state index in [4.69, 9.17) is 9.90 Å². The number of benzene rings is 1. The number of aromatic nitrogens is 1. The van der Waals surface area contributed by atoms with Crippen molar-refractivity contribution in [3.05, 3.63) is 52.3 Å². The number of hydrogen-bond donors (Lipinski definition) is 3. The Labute approximate surface area is 221 Å². The molecule has 0 unspecified atom stereocenters. The standard InChI is InChI=1S/C30H42N2O2.CH2O2/c1-20-26(28(33)31-24-11-8-12-24)19-32(27(20)15-21-9-6-5-7-10-21)25-17-22(29(2,3)34)16-23(18-25)30(4)13-14-30;2-1-3/h16-19,21,24,34H,5-15H2,1-4H3,(H,31,33);1H,(H,2,3). The molecule has 37 heavy (non-hydrogen) atoms. The first kappa shape index (κ1) is 27.4. The fourth-order valence-corrected chi connectivity index (χ4v) is 5.76. The molecule has 3 saturated carbocycles. The zero-order chi connectivity index (χ0) is 26.8. The molecule has 0 bridgehead atoms. The molecule has 1 aromatic carbocycles. The van der Waals surface area contributed by atoms with Gasteiger partial charge in [0.2, 0.25) is 0 Å². The highest BCUT2D eigenvalue weighted by Gasteiger charge is 2.40. The average molecular weight is 509 g/mol. The molecule has 202 valence electrons. The van der Waals surface area contributed by atoms with Crippen LogP contribution in [0.3, 0.4) is 0 Å². The van der Waals surface area contributed by atoms with Crippen molar-refractivity contribution in [3.8, 4) is 5.69 Å². The highest BCUT2D eigenvalue weighted by molar-refractivity contribution is 5.96. The van der Waals surface area contributed by atoms with Crippen molar-refractivity contribution >= 4 is 12.4 Å². The number of hydrogen-bond acceptors (Lipinski definition) is 3. The first-order valence-electron chi connectivity index (χ1n) is 14.0. The molecule has 0 spiro atoms. The van der Waals surface area contributed by atoms with Crippen molar-refractivity contribution in [3.63, 3.8) is 0 Å². The minimum Gasteiger partial charge on any atom is -0.483 e. The smallest absolute Gasteiger partial charge is 0.290 e. The van der Waals surface area contributed by atoms with Gasteiger partial charge in [0.05, 0.1) is 11.2 Å². The first-order chi connectivity index (χ1) is 17.6. The lowest BCUT2D eigenvalue weighted by Gasteiger charge is -2.26. The molecule has 0 aliphatic heterocycles. The van der Waals surface area contributed by atoms with E-state index < -0.39 is 5.60 Å². The summed E-state index contributed by atoms with van der Waals surface area (Å²) in [6.07, 6.45) is 15.4. The number of nitrogens with one attached hydrogen (secondary N) is 1. The van der Waals surface area contributed by atoms with Gasteiger partial charge < -0.3 is 20.1 Å². The van der Waals surface area contributed by atoms with Gasteiger partial charge in [0.15, 0.2) is 0 Å². The van der Waals surface area contributed by atoms with Gasteiger partial charge in [-0.25, -0.2) is 0 Å². The first-order valence-corrected chi connectivity index (χ1v) is 14.0. The fourth-order valence-electron chi connectivity index (χ4n) is 5.76. The van der Waals surface area contributed by atoms with Crippen molar-refractivity contribution in [2.75, 3.05) is 0 Å². The molecule has 0 saturated heterocycles. The van der Waals surface area contributed by atoms with Crippen LogP contribution in [0.4, 0.5) is 0 Å². The predicted octanol–water partition coefficient (Wildman–Crippen LogP) is 6.17. The van der Waals surface area contributed by atoms with Crippen LogP contribution in [-0.2, 0) is 22.2 Å². The molecular weight excluding hydrogens is 464 g/mol. The lowest BCUT2D eigenvalue weighted by atomic mass is 9.85. The zero-order valence-corrected chi connectivity index (χ0v) is 23.0. The minimum atomic E-state index is -0.911. The highest BCUT2D eigenvalue weighted by Crippen LogP contribution is 2.49. The summed E-state index contributed by atoms with van der Waals surface area (Å²) < 4.78 is 2.28. The Morgan fingerprint density at radius 2 is 1.76 bits per heavy atom. The lowest BCUT2D eigenvalue weighted by molar-refractivity contribution is -0.122. The summed E-state index contributed by atoms with van der Waals surface area (Å²) in [5, 5.41) is 21.1. The van der Waals surface area contributed by atoms with Gasteiger partial charge in [0, 0.05) is 23.6 Å². The number of nitrogens with zero attached hydrogens (tertiary/aromatic N) is 1. The summed E-state index contributed by atoms with van der Waals surface area (Å²) >= 11 is 0. The predicted molar refractivity (Wildman–Crippen MR) is 146 cm³/mol. The van der Waals surface area contributed by atoms with E-state index in [2.05, 4.69) is 48.1 Å². The fraction of sp³-hybridized carbons (Fsp3) is 0.613. The van der Waals surface area contributed by atoms with E-state index in [-0.39, 0.29) is 17.8 Å². The quantitative estimate of drug-likeness (QED) is 0.390. The number of carboxylic acid groups (broad SMARTS) is 1. The van der Waals surface area contributed by atoms with Gasteiger partial charge >= 0.3 is 0 Å². The third-order valence-electron chi connectivity index (χ3n) is 8.88. The third kappa shape index (κ3) is 6.28. The van der Waals surface area contributed by atoms with E-state index in [1.807, 2.05) is 13.8 Å². The Kier molecular flexibility index (Phi) is 8.17. The molecule has 6 heteroatoms. The maximum atomic E-state index is 13.3. The van der Waals surface area contributed by atoms with Gasteiger partial charge in [-0.2, -0.15) is 0 Å². The number of carbonyl (C=O) groups is 2. The van der Waals surface area contributed by atoms with Crippen LogP contribution in [0.1, 0.15) is 118 Å². The van der Waals surface area contributed by atoms with Crippen molar-refractivity contribution in [1.82, 2.24) is 9.88 Å². The van der Waals surface area contributed by atoms with Crippen LogP contribution >= 0.6 is 0 Å². The summed E-state index contributed by atoms with van der Waals surface area (Å²) in [6.45, 7) is 7.94. The third-order valence-corrected chi connectivity index (χ3v) is 8.88. The Balaban J connectivity index is 0.00000102. The van der Waals surface area contributed by atoms with Gasteiger partial charge in [0.1, 0.15) is 0 Å². The average Bonchev–Trinajstić information content (AvgIpc) is 3.51. The second kappa shape index (κ2) is 11.0. The van der Waals surface area contributed by atoms with E-state index in [9.17, 15) is 9.90 Å². The van der Waals surface area contributed by atoms with Gasteiger partial charge in [-0.15, -0.1) is 0 Å². The number of amides is 1. The molecule has 5 rings (SSSR count). The van der Waals surface area contributed by atoms with Crippen LogP contribution in [0.25, 0.3) is 5.69 Å². The molecule has 3 fully saturated rings. The highest BCUT2D eigenvalue weighted by atomic mass is 16.3. The molecule has 0 atom stereocenters. The molecule has 3 aliphatic carbocycles. The van der Waals surface area contributed by atoms with Crippen LogP contribution < -0.4 is 5.32 Å². The molecule has 2 aromatic rings. The van der Waals surface area contributed by atoms with E-state index in [0.29, 0.717) is 12.0 Å². The maximum absolute atomic E-state index is 13.3. The van der Waals surface area contributed by atoms with E-state index in [1.54, 1.807) is 0 Å². The van der Waals surface area contributed by atoms with Crippen LogP contribution in [0, 0.1) is 12.8 Å². The number of rotatable bonds is 7. The number of carbonyl (C=O) groups excluding carboxylic acids is 1. The van der Waals surface area contributed by atoms with Gasteiger partial charge in [-0.1, -0.05) is 45.1 Å². The monoisotopic (exact) mass is 508 g/mol. The summed E-state index contributed by atoms with van der Waals surface area (Å²) in [4.78, 5) is 21.6. The Morgan fingerprint density at radius 3 is 2.30 bits per heavy atom. The molecule has 6 nitrogen and oxygen atoms in total. The summed E-state index contributed by atoms with van der Waals surface area (Å²) in [5.74, 6) is 0.750. The number of aliphatic hydroxyl groups is 1. The lowest BCUT2D eigenvalue weighted by Crippen LogP contribution is -2.39. The Hall–Kier alpha value is -2.60. The second-order valence-electron chi connectivity index (χ2n) is 12.3. The Morgan fingerprint density at radius 1 is 1.11 bits per heavy atom. The zero-order valence-electron chi connectivity index (χ0n) is 23.0. The van der Waals surface area contributed by atoms with Crippen molar-refractivity contribution in [2.45, 2.75) is 115 Å². The molecule has 3 N–H and O–H groups in total. The summed E-state index contributed by atoms with van der Waals surface area (Å²) in [5.41, 5.74) is 5.82. The van der Waals surface area contributed by atoms with Crippen LogP contribution in [0.15, 0.2) is 24.4 Å². The largest absolute Gasteiger partial charge is 0.483 e. The van der Waals surface area contributed by atoms with Gasteiger partial charge in [-0.05, 0) is 99.5 Å². The van der Waals surface area contributed by atoms with Crippen molar-refractivity contribution in [2.24, 2.45) is 5.92 Å². The van der Waals surface area contributed by atoms with E-state index in [1.165, 1.54) is 62.6 Å². The van der Waals surface area contributed by atoms with Crippen molar-refractivity contribution in [1.29, 1.82) is 0 Å². The van der Waals surface area contributed by atoms with Crippen LogP contribution in [-0.4, -0.2) is 33.2 Å². The molecular formula is C31H44N2O4. The van der Waals surface area contributed by atoms with E-state index >= 15 is 0 Å². The molecule has 0 radical (unpaired) electrons. The van der Waals surface area contributed by atoms with Crippen LogP contribution in [0.5, 0.6) is 0 Å². The maximum Gasteiger partial charge on any atom is 0.290 e. The Bertz CT molecular complexity index is 1090. The summed E-state index contributed by atoms with van der Waals surface area (Å²) in [7, 11) is 0. The van der Waals surface area contributed by atoms with Gasteiger partial charge in [0.25, 0.3) is 12.4 Å². The van der Waals surface area contributed by atoms with E-state index in [0.717, 1.165) is 41.6 Å². The molecule has 1 aromatic heterocycles. The van der Waals surface area contributed by atoms with Gasteiger partial charge in [-0.3, -0.25) is 9.59 Å². The van der Waals surface area contributed by atoms with Crippen molar-refractivity contribution < 1.29 is 19.8 Å². The SMILES string of the molecule is Cc1c(C(=O)NC2CCC2)cn(-c2cc(C(C)(C)O)cc(C3(C)CC3)c2)c1CC1CCCCC1.O=CO. The topological polar surface area (TPSA) is 91.6 Å². The van der Waals surface area contributed by atoms with Crippen LogP contribution in [0.2, 0.25) is 0 Å². The molecule has 3 aliphatic rings.